The number of allylic oxidation sites excluding steroid dienone is 4. The average Bonchev–Trinajstić information content (AvgIpc) is 2.29. The third-order valence-electron chi connectivity index (χ3n) is 2.83. The van der Waals surface area contributed by atoms with Crippen LogP contribution in [0.4, 0.5) is 0 Å². The van der Waals surface area contributed by atoms with Crippen molar-refractivity contribution in [3.63, 3.8) is 0 Å². The minimum Gasteiger partial charge on any atom is -0.493 e. The van der Waals surface area contributed by atoms with Gasteiger partial charge in [0.2, 0.25) is 0 Å². The number of esters is 1. The SMILES string of the molecule is COC(=O)C1=C(C)C2=C(CC1)OCC=C2. The lowest BCUT2D eigenvalue weighted by molar-refractivity contribution is -0.136. The van der Waals surface area contributed by atoms with Gasteiger partial charge in [-0.2, -0.15) is 0 Å². The van der Waals surface area contributed by atoms with E-state index in [2.05, 4.69) is 0 Å². The normalized spacial score (nSPS) is 19.9. The third kappa shape index (κ3) is 1.69. The summed E-state index contributed by atoms with van der Waals surface area (Å²) in [5.74, 6) is 0.778. The van der Waals surface area contributed by atoms with E-state index in [-0.39, 0.29) is 5.97 Å². The zero-order valence-corrected chi connectivity index (χ0v) is 9.00. The molecule has 0 spiro atoms. The van der Waals surface area contributed by atoms with Gasteiger partial charge in [-0.3, -0.25) is 0 Å². The maximum Gasteiger partial charge on any atom is 0.334 e. The predicted octanol–water partition coefficient (Wildman–Crippen LogP) is 2.11. The first-order chi connectivity index (χ1) is 7.24. The van der Waals surface area contributed by atoms with Gasteiger partial charge in [-0.05, 0) is 25.0 Å². The Morgan fingerprint density at radius 2 is 2.27 bits per heavy atom. The van der Waals surface area contributed by atoms with Crippen LogP contribution in [0, 0.1) is 0 Å². The molecular formula is C12H14O3. The Morgan fingerprint density at radius 3 is 3.00 bits per heavy atom. The molecule has 0 N–H and O–H groups in total. The third-order valence-corrected chi connectivity index (χ3v) is 2.83. The van der Waals surface area contributed by atoms with Crippen molar-refractivity contribution in [1.29, 1.82) is 0 Å². The van der Waals surface area contributed by atoms with Gasteiger partial charge in [0, 0.05) is 17.6 Å². The second kappa shape index (κ2) is 3.93. The molecule has 0 aromatic heterocycles. The summed E-state index contributed by atoms with van der Waals surface area (Å²) in [5.41, 5.74) is 2.80. The lowest BCUT2D eigenvalue weighted by atomic mass is 9.89. The van der Waals surface area contributed by atoms with Gasteiger partial charge in [0.25, 0.3) is 0 Å². The Hall–Kier alpha value is -1.51. The Labute approximate surface area is 89.1 Å². The maximum atomic E-state index is 11.5. The molecule has 0 saturated heterocycles. The largest absolute Gasteiger partial charge is 0.493 e. The molecule has 80 valence electrons. The quantitative estimate of drug-likeness (QED) is 0.616. The minimum absolute atomic E-state index is 0.224. The molecule has 0 atom stereocenters. The van der Waals surface area contributed by atoms with E-state index in [0.717, 1.165) is 28.9 Å². The molecule has 3 heteroatoms. The van der Waals surface area contributed by atoms with Crippen LogP contribution in [-0.2, 0) is 14.3 Å². The summed E-state index contributed by atoms with van der Waals surface area (Å²) in [6.45, 7) is 2.58. The number of hydrogen-bond donors (Lipinski definition) is 0. The van der Waals surface area contributed by atoms with Crippen molar-refractivity contribution >= 4 is 5.97 Å². The molecule has 2 aliphatic rings. The zero-order chi connectivity index (χ0) is 10.8. The van der Waals surface area contributed by atoms with E-state index in [0.29, 0.717) is 13.0 Å². The van der Waals surface area contributed by atoms with Crippen LogP contribution >= 0.6 is 0 Å². The molecule has 0 saturated carbocycles. The minimum atomic E-state index is -0.224. The fourth-order valence-corrected chi connectivity index (χ4v) is 1.99. The molecule has 0 aromatic carbocycles. The summed E-state index contributed by atoms with van der Waals surface area (Å²) < 4.78 is 10.3. The van der Waals surface area contributed by atoms with Gasteiger partial charge in [-0.25, -0.2) is 4.79 Å². The van der Waals surface area contributed by atoms with Gasteiger partial charge in [0.05, 0.1) is 7.11 Å². The fourth-order valence-electron chi connectivity index (χ4n) is 1.99. The fraction of sp³-hybridized carbons (Fsp3) is 0.417. The number of methoxy groups -OCH3 is 1. The smallest absolute Gasteiger partial charge is 0.334 e. The summed E-state index contributed by atoms with van der Waals surface area (Å²) in [6.07, 6.45) is 5.49. The molecule has 0 amide bonds. The van der Waals surface area contributed by atoms with Crippen LogP contribution in [0.5, 0.6) is 0 Å². The van der Waals surface area contributed by atoms with Gasteiger partial charge in [0.1, 0.15) is 12.4 Å². The number of ether oxygens (including phenoxy) is 2. The first-order valence-electron chi connectivity index (χ1n) is 5.05. The van der Waals surface area contributed by atoms with E-state index >= 15 is 0 Å². The second-order valence-corrected chi connectivity index (χ2v) is 3.65. The summed E-state index contributed by atoms with van der Waals surface area (Å²) in [7, 11) is 1.42. The number of rotatable bonds is 1. The maximum absolute atomic E-state index is 11.5. The van der Waals surface area contributed by atoms with E-state index in [1.807, 2.05) is 19.1 Å². The van der Waals surface area contributed by atoms with Gasteiger partial charge in [0.15, 0.2) is 0 Å². The number of hydrogen-bond acceptors (Lipinski definition) is 3. The summed E-state index contributed by atoms with van der Waals surface area (Å²) in [6, 6.07) is 0. The van der Waals surface area contributed by atoms with E-state index in [1.54, 1.807) is 0 Å². The van der Waals surface area contributed by atoms with Crippen LogP contribution in [0.25, 0.3) is 0 Å². The lowest BCUT2D eigenvalue weighted by Crippen LogP contribution is -2.15. The monoisotopic (exact) mass is 206 g/mol. The van der Waals surface area contributed by atoms with Crippen LogP contribution < -0.4 is 0 Å². The Balaban J connectivity index is 2.39. The van der Waals surface area contributed by atoms with E-state index in [9.17, 15) is 4.79 Å². The van der Waals surface area contributed by atoms with E-state index < -0.39 is 0 Å². The molecule has 0 radical (unpaired) electrons. The van der Waals surface area contributed by atoms with Crippen molar-refractivity contribution in [2.24, 2.45) is 0 Å². The van der Waals surface area contributed by atoms with Crippen molar-refractivity contribution in [3.8, 4) is 0 Å². The molecule has 3 nitrogen and oxygen atoms in total. The molecule has 0 unspecified atom stereocenters. The molecule has 15 heavy (non-hydrogen) atoms. The van der Waals surface area contributed by atoms with Crippen LogP contribution in [0.2, 0.25) is 0 Å². The van der Waals surface area contributed by atoms with Crippen molar-refractivity contribution in [1.82, 2.24) is 0 Å². The van der Waals surface area contributed by atoms with Crippen LogP contribution in [-0.4, -0.2) is 19.7 Å². The van der Waals surface area contributed by atoms with Gasteiger partial charge >= 0.3 is 5.97 Å². The van der Waals surface area contributed by atoms with Crippen molar-refractivity contribution < 1.29 is 14.3 Å². The highest BCUT2D eigenvalue weighted by Crippen LogP contribution is 2.33. The van der Waals surface area contributed by atoms with Crippen LogP contribution in [0.1, 0.15) is 19.8 Å². The predicted molar refractivity (Wildman–Crippen MR) is 56.1 cm³/mol. The highest BCUT2D eigenvalue weighted by Gasteiger charge is 2.24. The zero-order valence-electron chi connectivity index (χ0n) is 9.00. The number of carbonyl (C=O) groups is 1. The van der Waals surface area contributed by atoms with Crippen molar-refractivity contribution in [3.05, 3.63) is 34.6 Å². The second-order valence-electron chi connectivity index (χ2n) is 3.65. The molecule has 1 aliphatic carbocycles. The summed E-state index contributed by atoms with van der Waals surface area (Å²) in [4.78, 5) is 11.5. The van der Waals surface area contributed by atoms with E-state index in [1.165, 1.54) is 7.11 Å². The van der Waals surface area contributed by atoms with Crippen LogP contribution in [0.15, 0.2) is 34.6 Å². The highest BCUT2D eigenvalue weighted by atomic mass is 16.5. The summed E-state index contributed by atoms with van der Waals surface area (Å²) >= 11 is 0. The summed E-state index contributed by atoms with van der Waals surface area (Å²) in [5, 5.41) is 0. The van der Waals surface area contributed by atoms with Gasteiger partial charge in [-0.1, -0.05) is 6.08 Å². The molecule has 2 rings (SSSR count). The average molecular weight is 206 g/mol. The van der Waals surface area contributed by atoms with Crippen LogP contribution in [0.3, 0.4) is 0 Å². The van der Waals surface area contributed by atoms with Gasteiger partial charge < -0.3 is 9.47 Å². The van der Waals surface area contributed by atoms with E-state index in [4.69, 9.17) is 9.47 Å². The topological polar surface area (TPSA) is 35.5 Å². The lowest BCUT2D eigenvalue weighted by Gasteiger charge is -2.24. The first-order valence-corrected chi connectivity index (χ1v) is 5.05. The molecule has 1 aliphatic heterocycles. The number of carbonyl (C=O) groups excluding carboxylic acids is 1. The molecular weight excluding hydrogens is 192 g/mol. The van der Waals surface area contributed by atoms with Gasteiger partial charge in [-0.15, -0.1) is 0 Å². The molecule has 1 heterocycles. The standard InChI is InChI=1S/C12H14O3/c1-8-9-4-3-7-15-11(9)6-5-10(8)12(13)14-2/h3-4H,5-7H2,1-2H3. The molecule has 0 aromatic rings. The van der Waals surface area contributed by atoms with Crippen molar-refractivity contribution in [2.45, 2.75) is 19.8 Å². The highest BCUT2D eigenvalue weighted by molar-refractivity contribution is 5.90. The molecule has 0 bridgehead atoms. The first kappa shape index (κ1) is 10.0. The molecule has 0 fully saturated rings. The Kier molecular flexibility index (Phi) is 2.62. The Bertz CT molecular complexity index is 386. The van der Waals surface area contributed by atoms with Crippen molar-refractivity contribution in [2.75, 3.05) is 13.7 Å². The Morgan fingerprint density at radius 1 is 1.47 bits per heavy atom.